The first kappa shape index (κ1) is 7.51. The van der Waals surface area contributed by atoms with Crippen LogP contribution in [-0.4, -0.2) is 15.4 Å². The smallest absolute Gasteiger partial charge is 0.0237 e. The molecular formula is C5H13ClSi. The maximum absolute atomic E-state index is 5.48. The SMILES string of the molecule is CC(C)[SiH2]CCCl. The van der Waals surface area contributed by atoms with Gasteiger partial charge in [-0.15, -0.1) is 11.6 Å². The van der Waals surface area contributed by atoms with Gasteiger partial charge in [-0.05, 0) is 6.04 Å². The van der Waals surface area contributed by atoms with E-state index in [-0.39, 0.29) is 9.52 Å². The first-order valence-corrected chi connectivity index (χ1v) is 5.18. The molecule has 0 aromatic rings. The summed E-state index contributed by atoms with van der Waals surface area (Å²) >= 11 is 5.48. The molecule has 0 rings (SSSR count). The van der Waals surface area contributed by atoms with Crippen LogP contribution in [0.3, 0.4) is 0 Å². The molecule has 0 amide bonds. The predicted octanol–water partition coefficient (Wildman–Crippen LogP) is 1.64. The van der Waals surface area contributed by atoms with E-state index in [1.165, 1.54) is 6.04 Å². The number of hydrogen-bond acceptors (Lipinski definition) is 0. The third-order valence-electron chi connectivity index (χ3n) is 0.915. The van der Waals surface area contributed by atoms with Gasteiger partial charge in [-0.25, -0.2) is 0 Å². The Labute approximate surface area is 53.1 Å². The molecule has 0 aromatic heterocycles. The van der Waals surface area contributed by atoms with Crippen molar-refractivity contribution in [2.24, 2.45) is 0 Å². The van der Waals surface area contributed by atoms with Crippen molar-refractivity contribution >= 4 is 21.1 Å². The Morgan fingerprint density at radius 2 is 2.14 bits per heavy atom. The maximum atomic E-state index is 5.48. The zero-order valence-electron chi connectivity index (χ0n) is 5.08. The van der Waals surface area contributed by atoms with Crippen LogP contribution in [0, 0.1) is 0 Å². The van der Waals surface area contributed by atoms with Gasteiger partial charge < -0.3 is 0 Å². The second-order valence-electron chi connectivity index (χ2n) is 2.23. The quantitative estimate of drug-likeness (QED) is 0.409. The number of rotatable bonds is 3. The molecule has 0 N–H and O–H groups in total. The van der Waals surface area contributed by atoms with Crippen LogP contribution >= 0.6 is 11.6 Å². The summed E-state index contributed by atoms with van der Waals surface area (Å²) in [5.74, 6) is 0.879. The van der Waals surface area contributed by atoms with E-state index in [9.17, 15) is 0 Å². The van der Waals surface area contributed by atoms with Gasteiger partial charge in [0.1, 0.15) is 0 Å². The van der Waals surface area contributed by atoms with Crippen molar-refractivity contribution in [2.45, 2.75) is 25.4 Å². The highest BCUT2D eigenvalue weighted by Gasteiger charge is 1.90. The standard InChI is InChI=1S/C5H13ClSi/c1-5(2)7-4-3-6/h5H,3-4,7H2,1-2H3. The van der Waals surface area contributed by atoms with E-state index in [0.29, 0.717) is 0 Å². The lowest BCUT2D eigenvalue weighted by Crippen LogP contribution is -1.93. The van der Waals surface area contributed by atoms with Gasteiger partial charge in [0.25, 0.3) is 0 Å². The summed E-state index contributed by atoms with van der Waals surface area (Å²) in [5.41, 5.74) is 0.957. The summed E-state index contributed by atoms with van der Waals surface area (Å²) in [6.07, 6.45) is 0. The van der Waals surface area contributed by atoms with E-state index in [4.69, 9.17) is 11.6 Å². The van der Waals surface area contributed by atoms with Crippen LogP contribution in [0.1, 0.15) is 13.8 Å². The van der Waals surface area contributed by atoms with Crippen molar-refractivity contribution in [2.75, 3.05) is 5.88 Å². The molecule has 0 atom stereocenters. The van der Waals surface area contributed by atoms with Crippen molar-refractivity contribution < 1.29 is 0 Å². The molecule has 7 heavy (non-hydrogen) atoms. The Morgan fingerprint density at radius 1 is 1.57 bits per heavy atom. The molecule has 0 heterocycles. The van der Waals surface area contributed by atoms with E-state index in [0.717, 1.165) is 11.4 Å². The van der Waals surface area contributed by atoms with Gasteiger partial charge in [0.05, 0.1) is 0 Å². The van der Waals surface area contributed by atoms with Crippen LogP contribution in [0.2, 0.25) is 11.6 Å². The summed E-state index contributed by atoms with van der Waals surface area (Å²) in [5, 5.41) is 0. The van der Waals surface area contributed by atoms with Crippen LogP contribution < -0.4 is 0 Å². The van der Waals surface area contributed by atoms with Crippen molar-refractivity contribution in [3.8, 4) is 0 Å². The van der Waals surface area contributed by atoms with Gasteiger partial charge in [0.2, 0.25) is 0 Å². The first-order valence-electron chi connectivity index (χ1n) is 2.83. The molecule has 44 valence electrons. The van der Waals surface area contributed by atoms with Gasteiger partial charge >= 0.3 is 0 Å². The predicted molar refractivity (Wildman–Crippen MR) is 39.2 cm³/mol. The minimum Gasteiger partial charge on any atom is -0.127 e. The van der Waals surface area contributed by atoms with E-state index in [2.05, 4.69) is 13.8 Å². The Kier molecular flexibility index (Phi) is 5.00. The van der Waals surface area contributed by atoms with E-state index in [1.54, 1.807) is 0 Å². The minimum atomic E-state index is 0.214. The fraction of sp³-hybridized carbons (Fsp3) is 1.00. The normalized spacial score (nSPS) is 12.0. The Balaban J connectivity index is 2.68. The van der Waals surface area contributed by atoms with E-state index < -0.39 is 0 Å². The zero-order valence-corrected chi connectivity index (χ0v) is 7.25. The molecule has 0 aliphatic rings. The van der Waals surface area contributed by atoms with Crippen LogP contribution in [0.15, 0.2) is 0 Å². The molecular weight excluding hydrogens is 124 g/mol. The highest BCUT2D eigenvalue weighted by atomic mass is 35.5. The first-order chi connectivity index (χ1) is 3.27. The van der Waals surface area contributed by atoms with E-state index in [1.807, 2.05) is 0 Å². The maximum Gasteiger partial charge on any atom is 0.0237 e. The fourth-order valence-corrected chi connectivity index (χ4v) is 1.92. The van der Waals surface area contributed by atoms with Crippen LogP contribution in [0.25, 0.3) is 0 Å². The molecule has 0 saturated heterocycles. The molecule has 0 spiro atoms. The number of halogens is 1. The fourth-order valence-electron chi connectivity index (χ4n) is 0.485. The average Bonchev–Trinajstić information content (AvgIpc) is 1.61. The number of hydrogen-bond donors (Lipinski definition) is 0. The molecule has 0 aliphatic carbocycles. The lowest BCUT2D eigenvalue weighted by atomic mass is 10.6. The van der Waals surface area contributed by atoms with Crippen molar-refractivity contribution in [1.82, 2.24) is 0 Å². The highest BCUT2D eigenvalue weighted by Crippen LogP contribution is 1.99. The molecule has 2 heteroatoms. The monoisotopic (exact) mass is 136 g/mol. The van der Waals surface area contributed by atoms with Crippen LogP contribution in [0.4, 0.5) is 0 Å². The van der Waals surface area contributed by atoms with Gasteiger partial charge in [0.15, 0.2) is 0 Å². The van der Waals surface area contributed by atoms with Crippen molar-refractivity contribution in [3.05, 3.63) is 0 Å². The molecule has 0 saturated carbocycles. The molecule has 0 aromatic carbocycles. The average molecular weight is 137 g/mol. The lowest BCUT2D eigenvalue weighted by Gasteiger charge is -1.96. The van der Waals surface area contributed by atoms with Gasteiger partial charge in [0, 0.05) is 15.4 Å². The summed E-state index contributed by atoms with van der Waals surface area (Å²) in [6.45, 7) is 4.55. The second-order valence-corrected chi connectivity index (χ2v) is 5.52. The molecule has 0 bridgehead atoms. The Hall–Kier alpha value is 0.507. The van der Waals surface area contributed by atoms with Gasteiger partial charge in [-0.2, -0.15) is 0 Å². The van der Waals surface area contributed by atoms with Crippen molar-refractivity contribution in [1.29, 1.82) is 0 Å². The van der Waals surface area contributed by atoms with E-state index >= 15 is 0 Å². The van der Waals surface area contributed by atoms with Gasteiger partial charge in [-0.1, -0.05) is 19.4 Å². The largest absolute Gasteiger partial charge is 0.127 e. The molecule has 0 fully saturated rings. The zero-order chi connectivity index (χ0) is 5.70. The van der Waals surface area contributed by atoms with Crippen molar-refractivity contribution in [3.63, 3.8) is 0 Å². The molecule has 0 unspecified atom stereocenters. The summed E-state index contributed by atoms with van der Waals surface area (Å²) in [7, 11) is 0.214. The topological polar surface area (TPSA) is 0 Å². The Bertz CT molecular complexity index is 37.1. The third-order valence-corrected chi connectivity index (χ3v) is 3.55. The lowest BCUT2D eigenvalue weighted by molar-refractivity contribution is 1.05. The molecule has 0 aliphatic heterocycles. The summed E-state index contributed by atoms with van der Waals surface area (Å²) in [4.78, 5) is 0. The summed E-state index contributed by atoms with van der Waals surface area (Å²) in [6, 6.07) is 1.30. The third kappa shape index (κ3) is 6.51. The minimum absolute atomic E-state index is 0.214. The van der Waals surface area contributed by atoms with Crippen LogP contribution in [0.5, 0.6) is 0 Å². The highest BCUT2D eigenvalue weighted by molar-refractivity contribution is 6.39. The van der Waals surface area contributed by atoms with Crippen LogP contribution in [-0.2, 0) is 0 Å². The molecule has 0 nitrogen and oxygen atoms in total. The number of alkyl halides is 1. The van der Waals surface area contributed by atoms with Gasteiger partial charge in [-0.3, -0.25) is 0 Å². The second kappa shape index (κ2) is 4.66. The Morgan fingerprint density at radius 3 is 2.29 bits per heavy atom. The summed E-state index contributed by atoms with van der Waals surface area (Å²) < 4.78 is 0. The molecule has 0 radical (unpaired) electrons.